The second-order valence-electron chi connectivity index (χ2n) is 7.30. The van der Waals surface area contributed by atoms with Crippen LogP contribution in [0.3, 0.4) is 0 Å². The average Bonchev–Trinajstić information content (AvgIpc) is 3.08. The molecule has 0 radical (unpaired) electrons. The lowest BCUT2D eigenvalue weighted by Gasteiger charge is -2.43. The van der Waals surface area contributed by atoms with Gasteiger partial charge in [0.15, 0.2) is 5.67 Å². The first-order chi connectivity index (χ1) is 14.3. The molecule has 0 spiro atoms. The minimum atomic E-state index is -2.94. The highest BCUT2D eigenvalue weighted by Gasteiger charge is 2.45. The third-order valence-corrected chi connectivity index (χ3v) is 5.05. The first kappa shape index (κ1) is 20.3. The number of methoxy groups -OCH3 is 1. The normalized spacial score (nSPS) is 15.6. The number of hydrogen-bond acceptors (Lipinski definition) is 4. The van der Waals surface area contributed by atoms with Crippen molar-refractivity contribution in [3.8, 4) is 11.1 Å². The van der Waals surface area contributed by atoms with Crippen LogP contribution in [0.5, 0.6) is 0 Å². The van der Waals surface area contributed by atoms with Gasteiger partial charge in [-0.3, -0.25) is 14.5 Å². The Morgan fingerprint density at radius 2 is 2.00 bits per heavy atom. The first-order valence-corrected chi connectivity index (χ1v) is 9.15. The van der Waals surface area contributed by atoms with Crippen molar-refractivity contribution >= 4 is 16.9 Å². The third-order valence-electron chi connectivity index (χ3n) is 5.05. The summed E-state index contributed by atoms with van der Waals surface area (Å²) in [5, 5.41) is 4.15. The lowest BCUT2D eigenvalue weighted by Crippen LogP contribution is -2.63. The molecule has 0 atom stereocenters. The molecule has 158 valence electrons. The number of carbonyl (C=O) groups is 1. The molecule has 1 aromatic carbocycles. The third kappa shape index (κ3) is 3.74. The van der Waals surface area contributed by atoms with Crippen LogP contribution in [-0.2, 0) is 16.1 Å². The first-order valence-electron chi connectivity index (χ1n) is 9.15. The number of carbonyl (C=O) groups excluding carboxylic acids is 1. The number of pyridine rings is 1. The van der Waals surface area contributed by atoms with Gasteiger partial charge in [-0.15, -0.1) is 0 Å². The fourth-order valence-electron chi connectivity index (χ4n) is 3.52. The number of ether oxygens (including phenoxy) is 1. The molecule has 0 saturated carbocycles. The van der Waals surface area contributed by atoms with Crippen LogP contribution in [0.4, 0.5) is 17.6 Å². The molecular formula is C20H18F4N4O2. The van der Waals surface area contributed by atoms with E-state index in [0.717, 1.165) is 12.1 Å². The summed E-state index contributed by atoms with van der Waals surface area (Å²) in [5.41, 5.74) is -0.371. The number of hydrogen-bond donors (Lipinski definition) is 0. The van der Waals surface area contributed by atoms with Crippen molar-refractivity contribution in [2.45, 2.75) is 18.6 Å². The average molecular weight is 422 g/mol. The molecule has 1 aliphatic rings. The maximum absolute atomic E-state index is 14.2. The van der Waals surface area contributed by atoms with E-state index in [0.29, 0.717) is 22.2 Å². The van der Waals surface area contributed by atoms with Gasteiger partial charge in [0.2, 0.25) is 5.91 Å². The predicted octanol–water partition coefficient (Wildman–Crippen LogP) is 3.37. The summed E-state index contributed by atoms with van der Waals surface area (Å²) >= 11 is 0. The zero-order valence-electron chi connectivity index (χ0n) is 16.0. The molecule has 0 aliphatic carbocycles. The number of amides is 1. The van der Waals surface area contributed by atoms with Gasteiger partial charge in [0.25, 0.3) is 6.43 Å². The van der Waals surface area contributed by atoms with Gasteiger partial charge in [0, 0.05) is 18.9 Å². The number of nitrogens with zero attached hydrogens (tertiary/aromatic N) is 4. The van der Waals surface area contributed by atoms with Crippen molar-refractivity contribution in [1.82, 2.24) is 19.7 Å². The van der Waals surface area contributed by atoms with E-state index in [9.17, 15) is 22.4 Å². The predicted molar refractivity (Wildman–Crippen MR) is 100 cm³/mol. The second kappa shape index (κ2) is 7.67. The minimum Gasteiger partial charge on any atom is -0.381 e. The fraction of sp³-hybridized carbons (Fsp3) is 0.350. The van der Waals surface area contributed by atoms with Gasteiger partial charge in [0.05, 0.1) is 37.0 Å². The lowest BCUT2D eigenvalue weighted by atomic mass is 9.97. The number of halogens is 4. The highest BCUT2D eigenvalue weighted by Crippen LogP contribution is 2.30. The van der Waals surface area contributed by atoms with Crippen LogP contribution in [0.2, 0.25) is 0 Å². The molecule has 0 unspecified atom stereocenters. The number of benzene rings is 1. The van der Waals surface area contributed by atoms with E-state index >= 15 is 0 Å². The highest BCUT2D eigenvalue weighted by atomic mass is 19.3. The van der Waals surface area contributed by atoms with Gasteiger partial charge in [-0.1, -0.05) is 6.07 Å². The van der Waals surface area contributed by atoms with Crippen LogP contribution in [0.25, 0.3) is 22.2 Å². The highest BCUT2D eigenvalue weighted by molar-refractivity contribution is 5.83. The van der Waals surface area contributed by atoms with Gasteiger partial charge >= 0.3 is 0 Å². The molecule has 1 amide bonds. The molecule has 0 bridgehead atoms. The molecule has 10 heteroatoms. The largest absolute Gasteiger partial charge is 0.381 e. The van der Waals surface area contributed by atoms with Crippen molar-refractivity contribution in [3.05, 3.63) is 48.0 Å². The Balaban J connectivity index is 1.57. The molecule has 1 fully saturated rings. The van der Waals surface area contributed by atoms with E-state index in [4.69, 9.17) is 4.74 Å². The Kier molecular flexibility index (Phi) is 5.19. The van der Waals surface area contributed by atoms with Crippen molar-refractivity contribution in [1.29, 1.82) is 0 Å². The summed E-state index contributed by atoms with van der Waals surface area (Å²) < 4.78 is 60.0. The van der Waals surface area contributed by atoms with Gasteiger partial charge in [0.1, 0.15) is 17.9 Å². The van der Waals surface area contributed by atoms with Crippen LogP contribution in [0.1, 0.15) is 12.0 Å². The molecule has 30 heavy (non-hydrogen) atoms. The molecule has 1 saturated heterocycles. The molecule has 1 aliphatic heterocycles. The Labute approximate surface area is 169 Å². The Morgan fingerprint density at radius 1 is 1.23 bits per heavy atom. The van der Waals surface area contributed by atoms with Gasteiger partial charge in [-0.2, -0.15) is 5.10 Å². The summed E-state index contributed by atoms with van der Waals surface area (Å²) in [4.78, 5) is 18.1. The topological polar surface area (TPSA) is 60.2 Å². The van der Waals surface area contributed by atoms with E-state index < -0.39 is 23.5 Å². The molecule has 2 aromatic heterocycles. The summed E-state index contributed by atoms with van der Waals surface area (Å²) in [6.07, 6.45) is 0.000324. The molecule has 3 heterocycles. The second-order valence-corrected chi connectivity index (χ2v) is 7.30. The Bertz CT molecular complexity index is 1100. The number of rotatable bonds is 6. The number of alkyl halides is 3. The molecule has 0 N–H and O–H groups in total. The van der Waals surface area contributed by atoms with Crippen molar-refractivity contribution in [3.63, 3.8) is 0 Å². The SMILES string of the molecule is COCC1(F)CN(C(=O)Cn2ncc3ncc(-c4ccc(F)c(C(F)F)c4)cc32)C1. The molecule has 3 aromatic rings. The van der Waals surface area contributed by atoms with Gasteiger partial charge in [-0.25, -0.2) is 17.6 Å². The lowest BCUT2D eigenvalue weighted by molar-refractivity contribution is -0.150. The zero-order chi connectivity index (χ0) is 21.5. The maximum Gasteiger partial charge on any atom is 0.266 e. The van der Waals surface area contributed by atoms with Crippen LogP contribution in [0.15, 0.2) is 36.7 Å². The standard InChI is InChI=1S/C20H18F4N4O2/c1-30-11-20(24)9-27(10-20)18(29)8-28-17-5-13(6-25-16(17)7-26-28)12-2-3-15(21)14(4-12)19(22)23/h2-7,19H,8-11H2,1H3. The maximum atomic E-state index is 14.2. The van der Waals surface area contributed by atoms with E-state index in [1.165, 1.54) is 35.2 Å². The quantitative estimate of drug-likeness (QED) is 0.572. The molecule has 4 rings (SSSR count). The zero-order valence-corrected chi connectivity index (χ0v) is 16.0. The van der Waals surface area contributed by atoms with E-state index in [-0.39, 0.29) is 32.1 Å². The van der Waals surface area contributed by atoms with Gasteiger partial charge < -0.3 is 9.64 Å². The summed E-state index contributed by atoms with van der Waals surface area (Å²) in [5.74, 6) is -1.29. The van der Waals surface area contributed by atoms with E-state index in [1.54, 1.807) is 6.07 Å². The summed E-state index contributed by atoms with van der Waals surface area (Å²) in [7, 11) is 1.40. The Hall–Kier alpha value is -3.01. The number of fused-ring (bicyclic) bond motifs is 1. The smallest absolute Gasteiger partial charge is 0.266 e. The van der Waals surface area contributed by atoms with Crippen molar-refractivity contribution < 1.29 is 27.1 Å². The summed E-state index contributed by atoms with van der Waals surface area (Å²) in [6, 6.07) is 5.08. The van der Waals surface area contributed by atoms with Crippen LogP contribution in [0, 0.1) is 5.82 Å². The van der Waals surface area contributed by atoms with E-state index in [1.807, 2.05) is 0 Å². The monoisotopic (exact) mass is 422 g/mol. The molecule has 6 nitrogen and oxygen atoms in total. The summed E-state index contributed by atoms with van der Waals surface area (Å²) in [6.45, 7) is -0.293. The van der Waals surface area contributed by atoms with Crippen molar-refractivity contribution in [2.75, 3.05) is 26.8 Å². The minimum absolute atomic E-state index is 0.0473. The van der Waals surface area contributed by atoms with Crippen LogP contribution >= 0.6 is 0 Å². The van der Waals surface area contributed by atoms with Crippen molar-refractivity contribution in [2.24, 2.45) is 0 Å². The van der Waals surface area contributed by atoms with Crippen LogP contribution in [-0.4, -0.2) is 58.0 Å². The fourth-order valence-corrected chi connectivity index (χ4v) is 3.52. The van der Waals surface area contributed by atoms with E-state index in [2.05, 4.69) is 10.1 Å². The number of aromatic nitrogens is 3. The van der Waals surface area contributed by atoms with Crippen LogP contribution < -0.4 is 0 Å². The Morgan fingerprint density at radius 3 is 2.70 bits per heavy atom. The molecular weight excluding hydrogens is 404 g/mol. The number of likely N-dealkylation sites (tertiary alicyclic amines) is 1. The van der Waals surface area contributed by atoms with Gasteiger partial charge in [-0.05, 0) is 23.8 Å².